The Hall–Kier alpha value is -3.10. The summed E-state index contributed by atoms with van der Waals surface area (Å²) in [6.45, 7) is 2.55. The summed E-state index contributed by atoms with van der Waals surface area (Å²) in [5.41, 5.74) is 2.23. The smallest absolute Gasteiger partial charge is 0.241 e. The standard InChI is InChI=1S/C29H32N2O4S.ClH/c1-21(26-15-9-13-23-12-7-8-14-27(23)26)30-20-24(18-22-10-5-4-6-11-22)31-36(32,33)25-16-17-28(34-2)29(19-25)35-3;/h4-17,19,21,24,30-31H,18,20H2,1-3H3;1H. The van der Waals surface area contributed by atoms with Gasteiger partial charge >= 0.3 is 0 Å². The molecule has 0 aliphatic rings. The van der Waals surface area contributed by atoms with Gasteiger partial charge in [0.05, 0.1) is 19.1 Å². The second-order valence-electron chi connectivity index (χ2n) is 8.72. The molecule has 4 aromatic carbocycles. The molecule has 0 heterocycles. The van der Waals surface area contributed by atoms with Gasteiger partial charge in [0, 0.05) is 24.7 Å². The summed E-state index contributed by atoms with van der Waals surface area (Å²) in [5.74, 6) is 0.838. The minimum Gasteiger partial charge on any atom is -0.493 e. The van der Waals surface area contributed by atoms with Crippen LogP contribution in [0.2, 0.25) is 0 Å². The minimum atomic E-state index is -3.81. The van der Waals surface area contributed by atoms with E-state index in [1.165, 1.54) is 42.7 Å². The van der Waals surface area contributed by atoms with Crippen molar-refractivity contribution in [3.63, 3.8) is 0 Å². The number of benzene rings is 4. The number of nitrogens with one attached hydrogen (secondary N) is 2. The molecular weight excluding hydrogens is 508 g/mol. The maximum atomic E-state index is 13.4. The molecule has 0 aliphatic carbocycles. The fourth-order valence-corrected chi connectivity index (χ4v) is 5.63. The third-order valence-electron chi connectivity index (χ3n) is 6.27. The summed E-state index contributed by atoms with van der Waals surface area (Å²) < 4.78 is 40.2. The lowest BCUT2D eigenvalue weighted by atomic mass is 9.99. The number of rotatable bonds is 11. The Balaban J connectivity index is 0.00000380. The molecule has 0 bridgehead atoms. The molecule has 0 spiro atoms. The molecule has 4 rings (SSSR count). The Morgan fingerprint density at radius 1 is 0.811 bits per heavy atom. The van der Waals surface area contributed by atoms with Gasteiger partial charge in [0.25, 0.3) is 0 Å². The number of hydrogen-bond donors (Lipinski definition) is 2. The quantitative estimate of drug-likeness (QED) is 0.262. The van der Waals surface area contributed by atoms with Crippen LogP contribution in [0.5, 0.6) is 11.5 Å². The van der Waals surface area contributed by atoms with E-state index in [0.717, 1.165) is 5.56 Å². The molecule has 0 aromatic heterocycles. The molecule has 6 nitrogen and oxygen atoms in total. The van der Waals surface area contributed by atoms with Gasteiger partial charge in [-0.25, -0.2) is 13.1 Å². The first-order chi connectivity index (χ1) is 17.4. The molecule has 196 valence electrons. The van der Waals surface area contributed by atoms with Crippen molar-refractivity contribution in [3.8, 4) is 11.5 Å². The van der Waals surface area contributed by atoms with E-state index in [1.807, 2.05) is 42.5 Å². The maximum Gasteiger partial charge on any atom is 0.241 e. The summed E-state index contributed by atoms with van der Waals surface area (Å²) >= 11 is 0. The van der Waals surface area contributed by atoms with Crippen molar-refractivity contribution in [3.05, 3.63) is 102 Å². The van der Waals surface area contributed by atoms with Gasteiger partial charge < -0.3 is 14.8 Å². The van der Waals surface area contributed by atoms with Crippen LogP contribution in [0.1, 0.15) is 24.1 Å². The molecule has 8 heteroatoms. The lowest BCUT2D eigenvalue weighted by Gasteiger charge is -2.23. The Labute approximate surface area is 225 Å². The van der Waals surface area contributed by atoms with Crippen LogP contribution in [0.3, 0.4) is 0 Å². The summed E-state index contributed by atoms with van der Waals surface area (Å²) in [5, 5.41) is 5.92. The normalized spacial score (nSPS) is 12.9. The number of hydrogen-bond acceptors (Lipinski definition) is 5. The second kappa shape index (κ2) is 12.9. The molecule has 0 aliphatic heterocycles. The van der Waals surface area contributed by atoms with E-state index in [2.05, 4.69) is 47.3 Å². The van der Waals surface area contributed by atoms with Crippen LogP contribution in [0, 0.1) is 0 Å². The third kappa shape index (κ3) is 7.02. The number of ether oxygens (including phenoxy) is 2. The van der Waals surface area contributed by atoms with E-state index in [0.29, 0.717) is 24.5 Å². The molecule has 2 atom stereocenters. The van der Waals surface area contributed by atoms with Gasteiger partial charge in [-0.05, 0) is 47.4 Å². The van der Waals surface area contributed by atoms with Crippen LogP contribution >= 0.6 is 12.4 Å². The molecule has 0 fully saturated rings. The van der Waals surface area contributed by atoms with E-state index >= 15 is 0 Å². The molecule has 0 radical (unpaired) electrons. The fraction of sp³-hybridized carbons (Fsp3) is 0.241. The van der Waals surface area contributed by atoms with Gasteiger partial charge in [-0.3, -0.25) is 0 Å². The van der Waals surface area contributed by atoms with Crippen LogP contribution < -0.4 is 19.5 Å². The lowest BCUT2D eigenvalue weighted by Crippen LogP contribution is -2.44. The maximum absolute atomic E-state index is 13.4. The van der Waals surface area contributed by atoms with E-state index in [4.69, 9.17) is 9.47 Å². The first-order valence-electron chi connectivity index (χ1n) is 11.9. The fourth-order valence-electron chi connectivity index (χ4n) is 4.38. The van der Waals surface area contributed by atoms with Crippen LogP contribution in [-0.2, 0) is 16.4 Å². The molecule has 37 heavy (non-hydrogen) atoms. The SMILES string of the molecule is COc1ccc(S(=O)(=O)NC(CNC(C)c2cccc3ccccc23)Cc2ccccc2)cc1OC.Cl. The van der Waals surface area contributed by atoms with Crippen molar-refractivity contribution in [2.45, 2.75) is 30.3 Å². The van der Waals surface area contributed by atoms with Crippen molar-refractivity contribution < 1.29 is 17.9 Å². The topological polar surface area (TPSA) is 76.7 Å². The van der Waals surface area contributed by atoms with Crippen LogP contribution in [0.25, 0.3) is 10.8 Å². The minimum absolute atomic E-state index is 0. The van der Waals surface area contributed by atoms with Gasteiger partial charge in [0.1, 0.15) is 0 Å². The summed E-state index contributed by atoms with van der Waals surface area (Å²) in [4.78, 5) is 0.125. The van der Waals surface area contributed by atoms with E-state index in [1.54, 1.807) is 6.07 Å². The highest BCUT2D eigenvalue weighted by molar-refractivity contribution is 7.89. The Bertz CT molecular complexity index is 1410. The predicted molar refractivity (Wildman–Crippen MR) is 151 cm³/mol. The highest BCUT2D eigenvalue weighted by atomic mass is 35.5. The van der Waals surface area contributed by atoms with Crippen LogP contribution in [0.15, 0.2) is 95.9 Å². The van der Waals surface area contributed by atoms with Gasteiger partial charge in [-0.1, -0.05) is 72.8 Å². The summed E-state index contributed by atoms with van der Waals surface area (Å²) in [6.07, 6.45) is 0.544. The van der Waals surface area contributed by atoms with Gasteiger partial charge in [0.15, 0.2) is 11.5 Å². The van der Waals surface area contributed by atoms with Crippen molar-refractivity contribution in [2.24, 2.45) is 0 Å². The molecule has 4 aromatic rings. The average molecular weight is 541 g/mol. The van der Waals surface area contributed by atoms with E-state index < -0.39 is 10.0 Å². The molecule has 0 amide bonds. The average Bonchev–Trinajstić information content (AvgIpc) is 2.91. The first kappa shape index (κ1) is 28.5. The molecule has 0 saturated heterocycles. The Morgan fingerprint density at radius 3 is 2.22 bits per heavy atom. The Morgan fingerprint density at radius 2 is 1.49 bits per heavy atom. The molecular formula is C29H33ClN2O4S. The number of methoxy groups -OCH3 is 2. The second-order valence-corrected chi connectivity index (χ2v) is 10.4. The van der Waals surface area contributed by atoms with Crippen molar-refractivity contribution in [1.29, 1.82) is 0 Å². The third-order valence-corrected chi connectivity index (χ3v) is 7.79. The number of sulfonamides is 1. The zero-order chi connectivity index (χ0) is 25.5. The van der Waals surface area contributed by atoms with Gasteiger partial charge in [-0.15, -0.1) is 12.4 Å². The molecule has 2 N–H and O–H groups in total. The highest BCUT2D eigenvalue weighted by Gasteiger charge is 2.23. The Kier molecular flexibility index (Phi) is 9.94. The van der Waals surface area contributed by atoms with Crippen molar-refractivity contribution in [1.82, 2.24) is 10.0 Å². The van der Waals surface area contributed by atoms with E-state index in [-0.39, 0.29) is 29.4 Å². The molecule has 2 unspecified atom stereocenters. The molecule has 0 saturated carbocycles. The van der Waals surface area contributed by atoms with Gasteiger partial charge in [-0.2, -0.15) is 0 Å². The monoisotopic (exact) mass is 540 g/mol. The van der Waals surface area contributed by atoms with Crippen molar-refractivity contribution >= 4 is 33.2 Å². The summed E-state index contributed by atoms with van der Waals surface area (Å²) in [6, 6.07) is 28.7. The largest absolute Gasteiger partial charge is 0.493 e. The highest BCUT2D eigenvalue weighted by Crippen LogP contribution is 2.29. The number of fused-ring (bicyclic) bond motifs is 1. The van der Waals surface area contributed by atoms with E-state index in [9.17, 15) is 8.42 Å². The van der Waals surface area contributed by atoms with Crippen molar-refractivity contribution in [2.75, 3.05) is 20.8 Å². The number of halogens is 1. The zero-order valence-electron chi connectivity index (χ0n) is 21.2. The predicted octanol–water partition coefficient (Wildman–Crippen LogP) is 5.52. The summed E-state index contributed by atoms with van der Waals surface area (Å²) in [7, 11) is -0.809. The van der Waals surface area contributed by atoms with Crippen LogP contribution in [-0.4, -0.2) is 35.2 Å². The first-order valence-corrected chi connectivity index (χ1v) is 13.4. The lowest BCUT2D eigenvalue weighted by molar-refractivity contribution is 0.354. The van der Waals surface area contributed by atoms with Gasteiger partial charge in [0.2, 0.25) is 10.0 Å². The van der Waals surface area contributed by atoms with Crippen LogP contribution in [0.4, 0.5) is 0 Å². The zero-order valence-corrected chi connectivity index (χ0v) is 22.8.